The van der Waals surface area contributed by atoms with Crippen LogP contribution in [-0.4, -0.2) is 39.8 Å². The molecule has 0 saturated carbocycles. The number of pyridine rings is 1. The quantitative estimate of drug-likeness (QED) is 0.839. The summed E-state index contributed by atoms with van der Waals surface area (Å²) in [4.78, 5) is 21.8. The Bertz CT molecular complexity index is 701. The molecular formula is C21H27N3O. The lowest BCUT2D eigenvalue weighted by Gasteiger charge is -2.31. The third-order valence-electron chi connectivity index (χ3n) is 4.87. The Morgan fingerprint density at radius 1 is 1.08 bits per heavy atom. The van der Waals surface area contributed by atoms with Gasteiger partial charge >= 0.3 is 0 Å². The summed E-state index contributed by atoms with van der Waals surface area (Å²) in [5, 5.41) is 0. The predicted octanol–water partition coefficient (Wildman–Crippen LogP) is 3.40. The minimum atomic E-state index is 0.250. The first-order valence-electron chi connectivity index (χ1n) is 9.14. The Labute approximate surface area is 150 Å². The molecular weight excluding hydrogens is 310 g/mol. The number of benzene rings is 1. The fraction of sp³-hybridized carbons (Fsp3) is 0.429. The van der Waals surface area contributed by atoms with Gasteiger partial charge in [0, 0.05) is 44.3 Å². The van der Waals surface area contributed by atoms with Crippen LogP contribution in [0.4, 0.5) is 0 Å². The topological polar surface area (TPSA) is 36.4 Å². The third kappa shape index (κ3) is 4.67. The zero-order chi connectivity index (χ0) is 17.6. The number of aromatic nitrogens is 1. The number of hydrogen-bond donors (Lipinski definition) is 0. The fourth-order valence-corrected chi connectivity index (χ4v) is 3.50. The van der Waals surface area contributed by atoms with Crippen LogP contribution in [0.3, 0.4) is 0 Å². The third-order valence-corrected chi connectivity index (χ3v) is 4.87. The molecule has 2 aromatic rings. The maximum atomic E-state index is 12.7. The van der Waals surface area contributed by atoms with Gasteiger partial charge in [-0.3, -0.25) is 14.7 Å². The number of carbonyl (C=O) groups is 1. The van der Waals surface area contributed by atoms with Gasteiger partial charge in [-0.15, -0.1) is 0 Å². The highest BCUT2D eigenvalue weighted by Crippen LogP contribution is 2.19. The smallest absolute Gasteiger partial charge is 0.224 e. The van der Waals surface area contributed by atoms with Gasteiger partial charge in [0.2, 0.25) is 5.91 Å². The summed E-state index contributed by atoms with van der Waals surface area (Å²) in [6.07, 6.45) is 1.55. The molecule has 1 amide bonds. The van der Waals surface area contributed by atoms with Crippen molar-refractivity contribution in [3.63, 3.8) is 0 Å². The van der Waals surface area contributed by atoms with Gasteiger partial charge in [-0.2, -0.15) is 0 Å². The van der Waals surface area contributed by atoms with E-state index in [1.165, 1.54) is 5.56 Å². The molecule has 1 atom stereocenters. The lowest BCUT2D eigenvalue weighted by molar-refractivity contribution is -0.133. The Morgan fingerprint density at radius 2 is 1.88 bits per heavy atom. The van der Waals surface area contributed by atoms with Gasteiger partial charge in [0.25, 0.3) is 0 Å². The van der Waals surface area contributed by atoms with Crippen molar-refractivity contribution < 1.29 is 4.79 Å². The average Bonchev–Trinajstić information content (AvgIpc) is 2.76. The van der Waals surface area contributed by atoms with E-state index in [1.807, 2.05) is 31.2 Å². The second kappa shape index (κ2) is 8.26. The summed E-state index contributed by atoms with van der Waals surface area (Å²) in [5.74, 6) is 0.260. The lowest BCUT2D eigenvalue weighted by Crippen LogP contribution is -2.42. The molecule has 1 aliphatic heterocycles. The largest absolute Gasteiger partial charge is 0.334 e. The second-order valence-corrected chi connectivity index (χ2v) is 6.82. The van der Waals surface area contributed by atoms with Crippen LogP contribution >= 0.6 is 0 Å². The number of aryl methyl sites for hydroxylation is 1. The molecule has 1 saturated heterocycles. The number of carbonyl (C=O) groups excluding carboxylic acids is 1. The molecule has 0 N–H and O–H groups in total. The van der Waals surface area contributed by atoms with E-state index >= 15 is 0 Å². The molecule has 0 unspecified atom stereocenters. The van der Waals surface area contributed by atoms with Gasteiger partial charge in [-0.25, -0.2) is 0 Å². The molecule has 1 fully saturated rings. The van der Waals surface area contributed by atoms with Crippen LogP contribution in [0.2, 0.25) is 0 Å². The van der Waals surface area contributed by atoms with E-state index in [9.17, 15) is 4.79 Å². The maximum Gasteiger partial charge on any atom is 0.224 e. The molecule has 132 valence electrons. The zero-order valence-corrected chi connectivity index (χ0v) is 15.2. The van der Waals surface area contributed by atoms with Crippen LogP contribution in [0, 0.1) is 6.92 Å². The summed E-state index contributed by atoms with van der Waals surface area (Å²) < 4.78 is 0. The van der Waals surface area contributed by atoms with E-state index in [0.717, 1.165) is 37.4 Å². The Kier molecular flexibility index (Phi) is 5.82. The molecule has 25 heavy (non-hydrogen) atoms. The molecule has 0 bridgehead atoms. The first kappa shape index (κ1) is 17.6. The molecule has 0 aliphatic carbocycles. The van der Waals surface area contributed by atoms with E-state index in [2.05, 4.69) is 46.0 Å². The lowest BCUT2D eigenvalue weighted by atomic mass is 10.1. The van der Waals surface area contributed by atoms with E-state index in [-0.39, 0.29) is 11.9 Å². The van der Waals surface area contributed by atoms with Gasteiger partial charge in [-0.05, 0) is 31.0 Å². The van der Waals surface area contributed by atoms with Crippen molar-refractivity contribution in [3.8, 4) is 0 Å². The fourth-order valence-electron chi connectivity index (χ4n) is 3.50. The molecule has 1 aliphatic rings. The van der Waals surface area contributed by atoms with Crippen LogP contribution in [0.1, 0.15) is 36.7 Å². The van der Waals surface area contributed by atoms with Gasteiger partial charge in [0.1, 0.15) is 0 Å². The molecule has 4 heteroatoms. The molecule has 4 nitrogen and oxygen atoms in total. The molecule has 2 heterocycles. The Hall–Kier alpha value is -2.20. The normalized spacial score (nSPS) is 19.0. The SMILES string of the molecule is CC[C@@H]1CN(Cc2cccc(C)n2)CCC(=O)N1Cc1ccccc1. The Morgan fingerprint density at radius 3 is 2.60 bits per heavy atom. The highest BCUT2D eigenvalue weighted by molar-refractivity contribution is 5.77. The van der Waals surface area contributed by atoms with Crippen LogP contribution in [0.25, 0.3) is 0 Å². The summed E-state index contributed by atoms with van der Waals surface area (Å²) in [6.45, 7) is 7.41. The molecule has 0 radical (unpaired) electrons. The summed E-state index contributed by atoms with van der Waals surface area (Å²) in [7, 11) is 0. The Balaban J connectivity index is 1.72. The van der Waals surface area contributed by atoms with Crippen LogP contribution < -0.4 is 0 Å². The maximum absolute atomic E-state index is 12.7. The van der Waals surface area contributed by atoms with Gasteiger partial charge < -0.3 is 4.90 Å². The van der Waals surface area contributed by atoms with Crippen molar-refractivity contribution in [2.45, 2.75) is 45.8 Å². The minimum absolute atomic E-state index is 0.250. The summed E-state index contributed by atoms with van der Waals surface area (Å²) in [5.41, 5.74) is 3.32. The van der Waals surface area contributed by atoms with Crippen LogP contribution in [0.15, 0.2) is 48.5 Å². The van der Waals surface area contributed by atoms with Crippen molar-refractivity contribution in [2.75, 3.05) is 13.1 Å². The molecule has 3 rings (SSSR count). The van der Waals surface area contributed by atoms with E-state index in [4.69, 9.17) is 0 Å². The monoisotopic (exact) mass is 337 g/mol. The van der Waals surface area contributed by atoms with Gasteiger partial charge in [0.15, 0.2) is 0 Å². The predicted molar refractivity (Wildman–Crippen MR) is 99.9 cm³/mol. The van der Waals surface area contributed by atoms with Crippen molar-refractivity contribution >= 4 is 5.91 Å². The summed E-state index contributed by atoms with van der Waals surface area (Å²) in [6, 6.07) is 16.7. The minimum Gasteiger partial charge on any atom is -0.334 e. The first-order chi connectivity index (χ1) is 12.2. The second-order valence-electron chi connectivity index (χ2n) is 6.82. The van der Waals surface area contributed by atoms with E-state index in [0.29, 0.717) is 13.0 Å². The molecule has 1 aromatic heterocycles. The zero-order valence-electron chi connectivity index (χ0n) is 15.2. The number of hydrogen-bond acceptors (Lipinski definition) is 3. The number of amides is 1. The average molecular weight is 337 g/mol. The number of rotatable bonds is 5. The summed E-state index contributed by atoms with van der Waals surface area (Å²) >= 11 is 0. The van der Waals surface area contributed by atoms with Crippen LogP contribution in [0.5, 0.6) is 0 Å². The van der Waals surface area contributed by atoms with Crippen molar-refractivity contribution in [3.05, 3.63) is 65.5 Å². The standard InChI is InChI=1S/C21H27N3O/c1-3-20-16-23(15-19-11-7-8-17(2)22-19)13-12-21(25)24(20)14-18-9-5-4-6-10-18/h4-11,20H,3,12-16H2,1-2H3/t20-/m1/s1. The van der Waals surface area contributed by atoms with Crippen molar-refractivity contribution in [1.82, 2.24) is 14.8 Å². The van der Waals surface area contributed by atoms with Gasteiger partial charge in [-0.1, -0.05) is 43.3 Å². The first-order valence-corrected chi connectivity index (χ1v) is 9.14. The van der Waals surface area contributed by atoms with E-state index < -0.39 is 0 Å². The number of nitrogens with zero attached hydrogens (tertiary/aromatic N) is 3. The van der Waals surface area contributed by atoms with Crippen LogP contribution in [-0.2, 0) is 17.9 Å². The molecule has 0 spiro atoms. The highest BCUT2D eigenvalue weighted by atomic mass is 16.2. The highest BCUT2D eigenvalue weighted by Gasteiger charge is 2.28. The van der Waals surface area contributed by atoms with Crippen molar-refractivity contribution in [1.29, 1.82) is 0 Å². The van der Waals surface area contributed by atoms with Gasteiger partial charge in [0.05, 0.1) is 5.69 Å². The van der Waals surface area contributed by atoms with E-state index in [1.54, 1.807) is 0 Å². The molecule has 1 aromatic carbocycles. The van der Waals surface area contributed by atoms with Crippen molar-refractivity contribution in [2.24, 2.45) is 0 Å².